The molecule has 2 heterocycles. The van der Waals surface area contributed by atoms with Crippen molar-refractivity contribution in [3.05, 3.63) is 45.9 Å². The largest absolute Gasteiger partial charge is 0.336 e. The highest BCUT2D eigenvalue weighted by Gasteiger charge is 2.25. The lowest BCUT2D eigenvalue weighted by molar-refractivity contribution is 0.0742. The van der Waals surface area contributed by atoms with E-state index in [0.717, 1.165) is 16.3 Å². The van der Waals surface area contributed by atoms with Crippen LogP contribution in [0.2, 0.25) is 0 Å². The molecule has 2 aromatic rings. The fraction of sp³-hybridized carbons (Fsp3) is 0.353. The molecule has 1 atom stereocenters. The zero-order valence-corrected chi connectivity index (χ0v) is 14.8. The molecule has 1 aromatic heterocycles. The van der Waals surface area contributed by atoms with Crippen LogP contribution in [0.1, 0.15) is 33.9 Å². The van der Waals surface area contributed by atoms with Gasteiger partial charge in [0, 0.05) is 43.0 Å². The Kier molecular flexibility index (Phi) is 4.53. The summed E-state index contributed by atoms with van der Waals surface area (Å²) in [7, 11) is 1.77. The molecule has 3 amide bonds. The minimum atomic E-state index is -0.118. The number of anilines is 1. The lowest BCUT2D eigenvalue weighted by Crippen LogP contribution is -2.31. The Morgan fingerprint density at radius 1 is 1.46 bits per heavy atom. The molecule has 1 fully saturated rings. The monoisotopic (exact) mass is 344 g/mol. The van der Waals surface area contributed by atoms with Gasteiger partial charge in [-0.2, -0.15) is 0 Å². The van der Waals surface area contributed by atoms with Crippen LogP contribution in [0.15, 0.2) is 29.8 Å². The van der Waals surface area contributed by atoms with Gasteiger partial charge in [0.1, 0.15) is 5.01 Å². The second-order valence-electron chi connectivity index (χ2n) is 5.85. The number of nitrogens with one attached hydrogen (secondary N) is 1. The zero-order valence-electron chi connectivity index (χ0n) is 13.9. The van der Waals surface area contributed by atoms with Crippen LogP contribution in [0, 0.1) is 6.92 Å². The molecule has 0 aliphatic carbocycles. The van der Waals surface area contributed by atoms with Gasteiger partial charge in [-0.05, 0) is 31.5 Å². The number of thiazole rings is 1. The molecule has 3 rings (SSSR count). The van der Waals surface area contributed by atoms with E-state index in [4.69, 9.17) is 0 Å². The molecule has 1 aliphatic rings. The van der Waals surface area contributed by atoms with Crippen molar-refractivity contribution in [2.45, 2.75) is 19.9 Å². The fourth-order valence-corrected chi connectivity index (χ4v) is 3.46. The van der Waals surface area contributed by atoms with Gasteiger partial charge in [-0.25, -0.2) is 9.78 Å². The number of hydrogen-bond donors (Lipinski definition) is 1. The van der Waals surface area contributed by atoms with Crippen LogP contribution >= 0.6 is 11.3 Å². The number of benzene rings is 1. The van der Waals surface area contributed by atoms with Gasteiger partial charge >= 0.3 is 6.03 Å². The predicted octanol–water partition coefficient (Wildman–Crippen LogP) is 2.81. The lowest BCUT2D eigenvalue weighted by Gasteiger charge is -2.24. The Bertz CT molecular complexity index is 760. The van der Waals surface area contributed by atoms with Gasteiger partial charge in [0.25, 0.3) is 5.91 Å². The number of rotatable bonds is 4. The molecule has 7 heteroatoms. The van der Waals surface area contributed by atoms with E-state index in [1.165, 1.54) is 11.3 Å². The highest BCUT2D eigenvalue weighted by molar-refractivity contribution is 7.09. The first-order valence-electron chi connectivity index (χ1n) is 7.81. The Labute approximate surface area is 145 Å². The molecule has 0 saturated carbocycles. The van der Waals surface area contributed by atoms with Crippen LogP contribution in [0.5, 0.6) is 0 Å². The second-order valence-corrected chi connectivity index (χ2v) is 6.77. The van der Waals surface area contributed by atoms with Crippen molar-refractivity contribution in [1.82, 2.24) is 15.2 Å². The van der Waals surface area contributed by atoms with Gasteiger partial charge in [0.2, 0.25) is 0 Å². The number of hydrogen-bond acceptors (Lipinski definition) is 4. The molecule has 0 radical (unpaired) electrons. The van der Waals surface area contributed by atoms with Gasteiger partial charge in [0.15, 0.2) is 0 Å². The molecule has 126 valence electrons. The van der Waals surface area contributed by atoms with Crippen LogP contribution < -0.4 is 10.2 Å². The second kappa shape index (κ2) is 6.60. The Morgan fingerprint density at radius 3 is 2.88 bits per heavy atom. The van der Waals surface area contributed by atoms with Crippen molar-refractivity contribution < 1.29 is 9.59 Å². The average Bonchev–Trinajstić information content (AvgIpc) is 3.25. The highest BCUT2D eigenvalue weighted by Crippen LogP contribution is 2.26. The average molecular weight is 344 g/mol. The number of nitrogens with zero attached hydrogens (tertiary/aromatic N) is 3. The summed E-state index contributed by atoms with van der Waals surface area (Å²) in [6.45, 7) is 5.14. The van der Waals surface area contributed by atoms with E-state index in [-0.39, 0.29) is 18.0 Å². The van der Waals surface area contributed by atoms with Gasteiger partial charge in [-0.1, -0.05) is 6.07 Å². The first kappa shape index (κ1) is 16.4. The molecule has 6 nitrogen and oxygen atoms in total. The summed E-state index contributed by atoms with van der Waals surface area (Å²) in [5.74, 6) is -0.0847. The van der Waals surface area contributed by atoms with Crippen LogP contribution in [0.4, 0.5) is 10.5 Å². The molecule has 1 aromatic carbocycles. The summed E-state index contributed by atoms with van der Waals surface area (Å²) in [5.41, 5.74) is 2.33. The molecule has 1 N–H and O–H groups in total. The van der Waals surface area contributed by atoms with E-state index in [0.29, 0.717) is 18.7 Å². The molecule has 0 spiro atoms. The number of urea groups is 1. The number of aryl methyl sites for hydroxylation is 1. The Hall–Kier alpha value is -2.41. The van der Waals surface area contributed by atoms with Gasteiger partial charge in [-0.3, -0.25) is 9.69 Å². The number of aromatic nitrogens is 1. The summed E-state index contributed by atoms with van der Waals surface area (Å²) in [4.78, 5) is 32.4. The normalized spacial score (nSPS) is 15.3. The van der Waals surface area contributed by atoms with E-state index in [2.05, 4.69) is 10.3 Å². The standard InChI is InChI=1S/C17H20N4O2S/c1-11-4-5-13(10-14(11)21-8-6-19-17(21)23)16(22)20(3)12(2)15-18-7-9-24-15/h4-5,7,9-10,12H,6,8H2,1-3H3,(H,19,23)/t12-/m0/s1. The summed E-state index contributed by atoms with van der Waals surface area (Å²) in [6.07, 6.45) is 1.74. The van der Waals surface area contributed by atoms with E-state index >= 15 is 0 Å². The first-order valence-corrected chi connectivity index (χ1v) is 8.69. The smallest absolute Gasteiger partial charge is 0.322 e. The predicted molar refractivity (Wildman–Crippen MR) is 94.5 cm³/mol. The maximum absolute atomic E-state index is 12.8. The van der Waals surface area contributed by atoms with Crippen molar-refractivity contribution in [1.29, 1.82) is 0 Å². The van der Waals surface area contributed by atoms with Crippen molar-refractivity contribution in [3.8, 4) is 0 Å². The van der Waals surface area contributed by atoms with Crippen LogP contribution in [0.3, 0.4) is 0 Å². The van der Waals surface area contributed by atoms with Gasteiger partial charge < -0.3 is 10.2 Å². The summed E-state index contributed by atoms with van der Waals surface area (Å²) in [5, 5.41) is 5.59. The van der Waals surface area contributed by atoms with Gasteiger partial charge in [-0.15, -0.1) is 11.3 Å². The third kappa shape index (κ3) is 2.99. The SMILES string of the molecule is Cc1ccc(C(=O)N(C)[C@@H](C)c2nccs2)cc1N1CCNC1=O. The van der Waals surface area contributed by atoms with Crippen molar-refractivity contribution in [2.24, 2.45) is 0 Å². The van der Waals surface area contributed by atoms with Crippen LogP contribution in [0.25, 0.3) is 0 Å². The van der Waals surface area contributed by atoms with Crippen molar-refractivity contribution in [2.75, 3.05) is 25.0 Å². The summed E-state index contributed by atoms with van der Waals surface area (Å²) < 4.78 is 0. The van der Waals surface area contributed by atoms with Crippen LogP contribution in [-0.2, 0) is 0 Å². The molecule has 1 saturated heterocycles. The van der Waals surface area contributed by atoms with E-state index in [1.54, 1.807) is 35.2 Å². The number of carbonyl (C=O) groups excluding carboxylic acids is 2. The number of carbonyl (C=O) groups is 2. The minimum Gasteiger partial charge on any atom is -0.336 e. The highest BCUT2D eigenvalue weighted by atomic mass is 32.1. The third-order valence-corrected chi connectivity index (χ3v) is 5.26. The summed E-state index contributed by atoms with van der Waals surface area (Å²) >= 11 is 1.53. The maximum Gasteiger partial charge on any atom is 0.322 e. The Balaban J connectivity index is 1.86. The molecular weight excluding hydrogens is 324 g/mol. The Morgan fingerprint density at radius 2 is 2.25 bits per heavy atom. The van der Waals surface area contributed by atoms with E-state index < -0.39 is 0 Å². The van der Waals surface area contributed by atoms with Crippen LogP contribution in [-0.4, -0.2) is 42.0 Å². The topological polar surface area (TPSA) is 65.5 Å². The maximum atomic E-state index is 12.8. The van der Waals surface area contributed by atoms with Crippen molar-refractivity contribution in [3.63, 3.8) is 0 Å². The lowest BCUT2D eigenvalue weighted by atomic mass is 10.1. The first-order chi connectivity index (χ1) is 11.5. The summed E-state index contributed by atoms with van der Waals surface area (Å²) in [6, 6.07) is 5.27. The van der Waals surface area contributed by atoms with E-state index in [9.17, 15) is 9.59 Å². The minimum absolute atomic E-state index is 0.0847. The van der Waals surface area contributed by atoms with Gasteiger partial charge in [0.05, 0.1) is 6.04 Å². The fourth-order valence-electron chi connectivity index (χ4n) is 2.72. The third-order valence-electron chi connectivity index (χ3n) is 4.31. The zero-order chi connectivity index (χ0) is 17.3. The quantitative estimate of drug-likeness (QED) is 0.927. The van der Waals surface area contributed by atoms with E-state index in [1.807, 2.05) is 25.3 Å². The molecular formula is C17H20N4O2S. The molecule has 1 aliphatic heterocycles. The molecule has 24 heavy (non-hydrogen) atoms. The molecule has 0 unspecified atom stereocenters. The number of amides is 3. The molecule has 0 bridgehead atoms. The van der Waals surface area contributed by atoms with Crippen molar-refractivity contribution >= 4 is 29.0 Å².